The van der Waals surface area contributed by atoms with Gasteiger partial charge < -0.3 is 4.74 Å². The Hall–Kier alpha value is -2.61. The largest absolute Gasteiger partial charge is 0.450 e. The minimum atomic E-state index is -0.427. The standard InChI is InChI=1S/C18H16O2/c1-2-17(16-11-7-4-8-12-16)20-18(19)14-13-15-9-5-3-6-10-15/h2-14,17H,1H2/b14-13+. The van der Waals surface area contributed by atoms with E-state index in [1.165, 1.54) is 6.08 Å². The highest BCUT2D eigenvalue weighted by Crippen LogP contribution is 2.18. The molecule has 2 nitrogen and oxygen atoms in total. The molecule has 2 aromatic carbocycles. The van der Waals surface area contributed by atoms with Gasteiger partial charge >= 0.3 is 5.97 Å². The van der Waals surface area contributed by atoms with E-state index in [0.29, 0.717) is 0 Å². The van der Waals surface area contributed by atoms with Crippen molar-refractivity contribution in [3.63, 3.8) is 0 Å². The molecule has 0 aliphatic carbocycles. The van der Waals surface area contributed by atoms with E-state index in [4.69, 9.17) is 4.74 Å². The molecule has 1 unspecified atom stereocenters. The summed E-state index contributed by atoms with van der Waals surface area (Å²) in [6.07, 6.45) is 4.34. The summed E-state index contributed by atoms with van der Waals surface area (Å²) in [5, 5.41) is 0. The van der Waals surface area contributed by atoms with Crippen LogP contribution >= 0.6 is 0 Å². The van der Waals surface area contributed by atoms with E-state index in [2.05, 4.69) is 6.58 Å². The number of carbonyl (C=O) groups is 1. The average molecular weight is 264 g/mol. The molecule has 0 amide bonds. The normalized spacial score (nSPS) is 12.0. The molecule has 2 heteroatoms. The van der Waals surface area contributed by atoms with Gasteiger partial charge in [-0.2, -0.15) is 0 Å². The summed E-state index contributed by atoms with van der Waals surface area (Å²) in [5.41, 5.74) is 1.86. The van der Waals surface area contributed by atoms with Crippen LogP contribution in [0.2, 0.25) is 0 Å². The third kappa shape index (κ3) is 3.95. The quantitative estimate of drug-likeness (QED) is 0.460. The van der Waals surface area contributed by atoms with Crippen molar-refractivity contribution in [2.45, 2.75) is 6.10 Å². The first-order valence-electron chi connectivity index (χ1n) is 6.41. The summed E-state index contributed by atoms with van der Waals surface area (Å²) in [7, 11) is 0. The minimum Gasteiger partial charge on any atom is -0.450 e. The Balaban J connectivity index is 2.00. The van der Waals surface area contributed by atoms with Crippen molar-refractivity contribution in [3.05, 3.63) is 90.5 Å². The van der Waals surface area contributed by atoms with Gasteiger partial charge in [0, 0.05) is 6.08 Å². The van der Waals surface area contributed by atoms with Crippen LogP contribution in [0.25, 0.3) is 6.08 Å². The lowest BCUT2D eigenvalue weighted by Gasteiger charge is -2.12. The lowest BCUT2D eigenvalue weighted by atomic mass is 10.1. The van der Waals surface area contributed by atoms with Gasteiger partial charge in [-0.15, -0.1) is 0 Å². The highest BCUT2D eigenvalue weighted by Gasteiger charge is 2.10. The summed E-state index contributed by atoms with van der Waals surface area (Å²) < 4.78 is 5.36. The van der Waals surface area contributed by atoms with Crippen molar-refractivity contribution in [3.8, 4) is 0 Å². The second-order valence-corrected chi connectivity index (χ2v) is 4.25. The monoisotopic (exact) mass is 264 g/mol. The molecule has 0 saturated heterocycles. The number of carbonyl (C=O) groups excluding carboxylic acids is 1. The van der Waals surface area contributed by atoms with Gasteiger partial charge in [-0.3, -0.25) is 0 Å². The van der Waals surface area contributed by atoms with Crippen LogP contribution in [0, 0.1) is 0 Å². The Morgan fingerprint density at radius 1 is 1.00 bits per heavy atom. The molecule has 0 aliphatic heterocycles. The predicted octanol–water partition coefficient (Wildman–Crippen LogP) is 4.17. The summed E-state index contributed by atoms with van der Waals surface area (Å²) in [6.45, 7) is 3.71. The van der Waals surface area contributed by atoms with Crippen LogP contribution in [-0.4, -0.2) is 5.97 Å². The smallest absolute Gasteiger partial charge is 0.331 e. The molecule has 20 heavy (non-hydrogen) atoms. The number of hydrogen-bond donors (Lipinski definition) is 0. The van der Waals surface area contributed by atoms with E-state index < -0.39 is 6.10 Å². The molecule has 100 valence electrons. The van der Waals surface area contributed by atoms with Crippen LogP contribution in [0.5, 0.6) is 0 Å². The molecule has 0 aromatic heterocycles. The van der Waals surface area contributed by atoms with E-state index in [1.54, 1.807) is 12.2 Å². The van der Waals surface area contributed by atoms with Crippen LogP contribution in [0.1, 0.15) is 17.2 Å². The first-order chi connectivity index (χ1) is 9.79. The van der Waals surface area contributed by atoms with Gasteiger partial charge in [-0.1, -0.05) is 67.2 Å². The Morgan fingerprint density at radius 2 is 1.60 bits per heavy atom. The summed E-state index contributed by atoms with van der Waals surface area (Å²) >= 11 is 0. The van der Waals surface area contributed by atoms with Gasteiger partial charge in [0.15, 0.2) is 0 Å². The minimum absolute atomic E-state index is 0.386. The number of benzene rings is 2. The molecule has 2 aromatic rings. The van der Waals surface area contributed by atoms with E-state index >= 15 is 0 Å². The maximum atomic E-state index is 11.8. The average Bonchev–Trinajstić information content (AvgIpc) is 2.52. The Labute approximate surface area is 119 Å². The molecule has 2 rings (SSSR count). The molecule has 0 aliphatic rings. The van der Waals surface area contributed by atoms with Crippen LogP contribution < -0.4 is 0 Å². The molecule has 0 fully saturated rings. The van der Waals surface area contributed by atoms with Gasteiger partial charge in [0.05, 0.1) is 0 Å². The molecule has 0 saturated carbocycles. The van der Waals surface area contributed by atoms with Crippen LogP contribution in [0.15, 0.2) is 79.4 Å². The fourth-order valence-corrected chi connectivity index (χ4v) is 1.79. The van der Waals surface area contributed by atoms with Gasteiger partial charge in [0.1, 0.15) is 6.10 Å². The maximum absolute atomic E-state index is 11.8. The SMILES string of the molecule is C=CC(OC(=O)/C=C/c1ccccc1)c1ccccc1. The number of hydrogen-bond acceptors (Lipinski definition) is 2. The number of rotatable bonds is 5. The topological polar surface area (TPSA) is 26.3 Å². The first kappa shape index (κ1) is 13.8. The fraction of sp³-hybridized carbons (Fsp3) is 0.0556. The predicted molar refractivity (Wildman–Crippen MR) is 80.9 cm³/mol. The highest BCUT2D eigenvalue weighted by atomic mass is 16.5. The van der Waals surface area contributed by atoms with Crippen molar-refractivity contribution in [2.24, 2.45) is 0 Å². The van der Waals surface area contributed by atoms with Crippen molar-refractivity contribution in [1.29, 1.82) is 0 Å². The van der Waals surface area contributed by atoms with Gasteiger partial charge in [-0.05, 0) is 23.3 Å². The van der Waals surface area contributed by atoms with Crippen molar-refractivity contribution >= 4 is 12.0 Å². The maximum Gasteiger partial charge on any atom is 0.331 e. The zero-order valence-electron chi connectivity index (χ0n) is 11.1. The fourth-order valence-electron chi connectivity index (χ4n) is 1.79. The van der Waals surface area contributed by atoms with Gasteiger partial charge in [0.2, 0.25) is 0 Å². The molecule has 0 bridgehead atoms. The Morgan fingerprint density at radius 3 is 2.20 bits per heavy atom. The molecular weight excluding hydrogens is 248 g/mol. The number of ether oxygens (including phenoxy) is 1. The molecule has 0 heterocycles. The van der Waals surface area contributed by atoms with Crippen molar-refractivity contribution < 1.29 is 9.53 Å². The van der Waals surface area contributed by atoms with E-state index in [9.17, 15) is 4.79 Å². The van der Waals surface area contributed by atoms with Crippen molar-refractivity contribution in [1.82, 2.24) is 0 Å². The van der Waals surface area contributed by atoms with Crippen LogP contribution in [-0.2, 0) is 9.53 Å². The number of esters is 1. The van der Waals surface area contributed by atoms with Gasteiger partial charge in [-0.25, -0.2) is 4.79 Å². The second kappa shape index (κ2) is 7.10. The van der Waals surface area contributed by atoms with Crippen molar-refractivity contribution in [2.75, 3.05) is 0 Å². The summed E-state index contributed by atoms with van der Waals surface area (Å²) in [6, 6.07) is 19.1. The van der Waals surface area contributed by atoms with E-state index in [1.807, 2.05) is 60.7 Å². The van der Waals surface area contributed by atoms with E-state index in [0.717, 1.165) is 11.1 Å². The second-order valence-electron chi connectivity index (χ2n) is 4.25. The zero-order valence-corrected chi connectivity index (χ0v) is 11.1. The van der Waals surface area contributed by atoms with Gasteiger partial charge in [0.25, 0.3) is 0 Å². The third-order valence-corrected chi connectivity index (χ3v) is 2.80. The molecular formula is C18H16O2. The van der Waals surface area contributed by atoms with E-state index in [-0.39, 0.29) is 5.97 Å². The molecule has 1 atom stereocenters. The van der Waals surface area contributed by atoms with Crippen LogP contribution in [0.3, 0.4) is 0 Å². The first-order valence-corrected chi connectivity index (χ1v) is 6.41. The Bertz CT molecular complexity index is 585. The molecule has 0 N–H and O–H groups in total. The summed E-state index contributed by atoms with van der Waals surface area (Å²) in [4.78, 5) is 11.8. The Kier molecular flexibility index (Phi) is 4.90. The highest BCUT2D eigenvalue weighted by molar-refractivity contribution is 5.87. The lowest BCUT2D eigenvalue weighted by molar-refractivity contribution is -0.141. The summed E-state index contributed by atoms with van der Waals surface area (Å²) in [5.74, 6) is -0.386. The lowest BCUT2D eigenvalue weighted by Crippen LogP contribution is -2.06. The van der Waals surface area contributed by atoms with Crippen LogP contribution in [0.4, 0.5) is 0 Å². The molecule has 0 radical (unpaired) electrons. The third-order valence-electron chi connectivity index (χ3n) is 2.80. The molecule has 0 spiro atoms. The zero-order chi connectivity index (χ0) is 14.2.